The minimum Gasteiger partial charge on any atom is -0.469 e. The highest BCUT2D eigenvalue weighted by Gasteiger charge is 2.35. The monoisotopic (exact) mass is 367 g/mol. The molecule has 5 nitrogen and oxygen atoms in total. The molecule has 106 valence electrons. The molecule has 0 aromatic carbocycles. The lowest BCUT2D eigenvalue weighted by molar-refractivity contribution is -0.146. The van der Waals surface area contributed by atoms with E-state index in [9.17, 15) is 13.2 Å². The van der Waals surface area contributed by atoms with Gasteiger partial charge in [0.25, 0.3) is 10.0 Å². The van der Waals surface area contributed by atoms with E-state index in [4.69, 9.17) is 4.74 Å². The maximum atomic E-state index is 12.5. The number of piperidine rings is 1. The number of sulfonamides is 1. The highest BCUT2D eigenvalue weighted by atomic mass is 79.9. The molecule has 1 aromatic heterocycles. The summed E-state index contributed by atoms with van der Waals surface area (Å²) < 4.78 is 31.9. The van der Waals surface area contributed by atoms with E-state index in [1.165, 1.54) is 22.8 Å². The Balaban J connectivity index is 2.22. The van der Waals surface area contributed by atoms with Crippen LogP contribution in [-0.2, 0) is 19.6 Å². The van der Waals surface area contributed by atoms with Crippen molar-refractivity contribution in [1.82, 2.24) is 4.31 Å². The van der Waals surface area contributed by atoms with E-state index < -0.39 is 10.0 Å². The average molecular weight is 368 g/mol. The fourth-order valence-electron chi connectivity index (χ4n) is 2.10. The van der Waals surface area contributed by atoms with Crippen LogP contribution >= 0.6 is 27.3 Å². The van der Waals surface area contributed by atoms with Crippen molar-refractivity contribution in [2.45, 2.75) is 17.1 Å². The first-order valence-corrected chi connectivity index (χ1v) is 8.89. The molecule has 1 saturated heterocycles. The Kier molecular flexibility index (Phi) is 4.65. The van der Waals surface area contributed by atoms with Gasteiger partial charge in [0.15, 0.2) is 0 Å². The normalized spacial score (nSPS) is 21.3. The number of methoxy groups -OCH3 is 1. The van der Waals surface area contributed by atoms with Crippen LogP contribution in [0.4, 0.5) is 0 Å². The largest absolute Gasteiger partial charge is 0.469 e. The summed E-state index contributed by atoms with van der Waals surface area (Å²) in [6, 6.07) is 1.71. The Labute approximate surface area is 124 Å². The molecule has 1 atom stereocenters. The highest BCUT2D eigenvalue weighted by molar-refractivity contribution is 9.10. The number of ether oxygens (including phenoxy) is 1. The Hall–Kier alpha value is -0.440. The molecule has 0 bridgehead atoms. The van der Waals surface area contributed by atoms with Crippen molar-refractivity contribution in [2.75, 3.05) is 20.2 Å². The predicted molar refractivity (Wildman–Crippen MR) is 75.5 cm³/mol. The first kappa shape index (κ1) is 15.0. The average Bonchev–Trinajstić information content (AvgIpc) is 2.85. The lowest BCUT2D eigenvalue weighted by atomic mass is 10.0. The number of carbonyl (C=O) groups is 1. The Bertz CT molecular complexity index is 569. The molecule has 1 aliphatic rings. The molecule has 1 fully saturated rings. The number of nitrogens with zero attached hydrogens (tertiary/aromatic N) is 1. The minimum atomic E-state index is -3.53. The third kappa shape index (κ3) is 3.01. The molecule has 0 saturated carbocycles. The van der Waals surface area contributed by atoms with E-state index >= 15 is 0 Å². The number of hydrogen-bond donors (Lipinski definition) is 0. The zero-order valence-corrected chi connectivity index (χ0v) is 13.6. The van der Waals surface area contributed by atoms with Crippen LogP contribution in [-0.4, -0.2) is 38.9 Å². The van der Waals surface area contributed by atoms with Gasteiger partial charge >= 0.3 is 5.97 Å². The van der Waals surface area contributed by atoms with Crippen LogP contribution in [0.2, 0.25) is 0 Å². The van der Waals surface area contributed by atoms with Gasteiger partial charge in [-0.1, -0.05) is 0 Å². The van der Waals surface area contributed by atoms with Gasteiger partial charge in [0.2, 0.25) is 0 Å². The molecule has 0 radical (unpaired) electrons. The Morgan fingerprint density at radius 3 is 2.89 bits per heavy atom. The van der Waals surface area contributed by atoms with Gasteiger partial charge in [-0.3, -0.25) is 4.79 Å². The van der Waals surface area contributed by atoms with Crippen LogP contribution in [0.3, 0.4) is 0 Å². The van der Waals surface area contributed by atoms with Crippen LogP contribution in [0.15, 0.2) is 20.1 Å². The summed E-state index contributed by atoms with van der Waals surface area (Å²) in [6.07, 6.45) is 1.34. The van der Waals surface area contributed by atoms with Gasteiger partial charge in [-0.25, -0.2) is 8.42 Å². The van der Waals surface area contributed by atoms with E-state index in [0.717, 1.165) is 0 Å². The molecule has 1 aromatic rings. The van der Waals surface area contributed by atoms with E-state index in [1.807, 2.05) is 0 Å². The van der Waals surface area contributed by atoms with Gasteiger partial charge in [-0.2, -0.15) is 4.31 Å². The molecule has 1 aliphatic heterocycles. The lowest BCUT2D eigenvalue weighted by Crippen LogP contribution is -2.42. The summed E-state index contributed by atoms with van der Waals surface area (Å²) in [6.45, 7) is 0.638. The zero-order valence-electron chi connectivity index (χ0n) is 10.3. The van der Waals surface area contributed by atoms with Crippen molar-refractivity contribution in [2.24, 2.45) is 5.92 Å². The maximum absolute atomic E-state index is 12.5. The molecular formula is C11H14BrNO4S2. The van der Waals surface area contributed by atoms with Crippen molar-refractivity contribution in [3.8, 4) is 0 Å². The topological polar surface area (TPSA) is 63.7 Å². The van der Waals surface area contributed by atoms with Crippen molar-refractivity contribution >= 4 is 43.3 Å². The van der Waals surface area contributed by atoms with E-state index in [2.05, 4.69) is 15.9 Å². The zero-order chi connectivity index (χ0) is 14.0. The SMILES string of the molecule is COC(=O)[C@H]1CCCN(S(=O)(=O)c2sccc2Br)C1. The fraction of sp³-hybridized carbons (Fsp3) is 0.545. The number of carbonyl (C=O) groups excluding carboxylic acids is 1. The van der Waals surface area contributed by atoms with Crippen molar-refractivity contribution in [3.05, 3.63) is 15.9 Å². The molecule has 0 N–H and O–H groups in total. The molecule has 19 heavy (non-hydrogen) atoms. The van der Waals surface area contributed by atoms with Crippen molar-refractivity contribution in [1.29, 1.82) is 0 Å². The first-order valence-electron chi connectivity index (χ1n) is 5.77. The van der Waals surface area contributed by atoms with Crippen LogP contribution < -0.4 is 0 Å². The third-order valence-electron chi connectivity index (χ3n) is 3.08. The molecule has 0 unspecified atom stereocenters. The second kappa shape index (κ2) is 5.90. The summed E-state index contributed by atoms with van der Waals surface area (Å²) in [5.74, 6) is -0.711. The maximum Gasteiger partial charge on any atom is 0.309 e. The van der Waals surface area contributed by atoms with Gasteiger partial charge in [0.05, 0.1) is 13.0 Å². The summed E-state index contributed by atoms with van der Waals surface area (Å²) in [5, 5.41) is 1.72. The number of halogens is 1. The van der Waals surface area contributed by atoms with E-state index in [-0.39, 0.29) is 22.6 Å². The number of rotatable bonds is 3. The highest BCUT2D eigenvalue weighted by Crippen LogP contribution is 2.32. The van der Waals surface area contributed by atoms with Gasteiger partial charge in [-0.15, -0.1) is 11.3 Å². The van der Waals surface area contributed by atoms with Crippen LogP contribution in [0.5, 0.6) is 0 Å². The number of hydrogen-bond acceptors (Lipinski definition) is 5. The van der Waals surface area contributed by atoms with Crippen molar-refractivity contribution in [3.63, 3.8) is 0 Å². The van der Waals surface area contributed by atoms with Gasteiger partial charge in [-0.05, 0) is 40.2 Å². The van der Waals surface area contributed by atoms with E-state index in [1.54, 1.807) is 11.4 Å². The third-order valence-corrected chi connectivity index (χ3v) is 7.59. The summed E-state index contributed by atoms with van der Waals surface area (Å²) in [5.41, 5.74) is 0. The molecule has 2 heterocycles. The smallest absolute Gasteiger partial charge is 0.309 e. The molecule has 0 amide bonds. The number of esters is 1. The Morgan fingerprint density at radius 2 is 2.32 bits per heavy atom. The number of thiophene rings is 1. The molecule has 0 spiro atoms. The van der Waals surface area contributed by atoms with Crippen LogP contribution in [0.25, 0.3) is 0 Å². The van der Waals surface area contributed by atoms with Crippen molar-refractivity contribution < 1.29 is 17.9 Å². The quantitative estimate of drug-likeness (QED) is 0.767. The molecule has 2 rings (SSSR count). The predicted octanol–water partition coefficient (Wildman–Crippen LogP) is 2.08. The van der Waals surface area contributed by atoms with E-state index in [0.29, 0.717) is 23.9 Å². The molecule has 0 aliphatic carbocycles. The van der Waals surface area contributed by atoms with Gasteiger partial charge in [0, 0.05) is 17.6 Å². The molecule has 8 heteroatoms. The minimum absolute atomic E-state index is 0.194. The van der Waals surface area contributed by atoms with Gasteiger partial charge in [0.1, 0.15) is 4.21 Å². The second-order valence-corrected chi connectivity index (χ2v) is 8.19. The fourth-order valence-corrected chi connectivity index (χ4v) is 6.07. The molecular weight excluding hydrogens is 354 g/mol. The van der Waals surface area contributed by atoms with Crippen LogP contribution in [0, 0.1) is 5.92 Å². The second-order valence-electron chi connectivity index (χ2n) is 4.28. The summed E-state index contributed by atoms with van der Waals surface area (Å²) >= 11 is 4.41. The Morgan fingerprint density at radius 1 is 1.58 bits per heavy atom. The lowest BCUT2D eigenvalue weighted by Gasteiger charge is -2.30. The summed E-state index contributed by atoms with van der Waals surface area (Å²) in [7, 11) is -2.20. The standard InChI is InChI=1S/C11H14BrNO4S2/c1-17-10(14)8-3-2-5-13(7-8)19(15,16)11-9(12)4-6-18-11/h4,6,8H,2-3,5,7H2,1H3/t8-/m0/s1. The van der Waals surface area contributed by atoms with Crippen LogP contribution in [0.1, 0.15) is 12.8 Å². The summed E-state index contributed by atoms with van der Waals surface area (Å²) in [4.78, 5) is 11.5. The van der Waals surface area contributed by atoms with Gasteiger partial charge < -0.3 is 4.74 Å². The first-order chi connectivity index (χ1) is 8.96.